The predicted octanol–water partition coefficient (Wildman–Crippen LogP) is 3.10. The summed E-state index contributed by atoms with van der Waals surface area (Å²) in [7, 11) is 3.42. The molecule has 18 heteroatoms. The van der Waals surface area contributed by atoms with E-state index < -0.39 is 24.0 Å². The number of nitrogens with two attached hydrogens (primary N) is 1. The average Bonchev–Trinajstić information content (AvgIpc) is 3.56. The molecule has 2 heterocycles. The van der Waals surface area contributed by atoms with Gasteiger partial charge in [-0.3, -0.25) is 33.7 Å². The highest BCUT2D eigenvalue weighted by Crippen LogP contribution is 2.36. The van der Waals surface area contributed by atoms with Crippen LogP contribution >= 0.6 is 0 Å². The normalized spacial score (nSPS) is 18.5. The Morgan fingerprint density at radius 2 is 1.48 bits per heavy atom. The first-order valence-electron chi connectivity index (χ1n) is 22.8. The summed E-state index contributed by atoms with van der Waals surface area (Å²) in [6, 6.07) is 7.17. The number of carbonyl (C=O) groups excluding carboxylic acids is 6. The molecule has 1 fully saturated rings. The summed E-state index contributed by atoms with van der Waals surface area (Å²) in [5.74, 6) is -1.76. The van der Waals surface area contributed by atoms with Crippen molar-refractivity contribution in [1.82, 2.24) is 20.9 Å². The smallest absolute Gasteiger partial charge is 0.265 e. The molecule has 0 radical (unpaired) electrons. The molecule has 2 aliphatic heterocycles. The maximum atomic E-state index is 13.3. The molecule has 360 valence electrons. The number of nitrogens with one attached hydrogen (secondary N) is 4. The van der Waals surface area contributed by atoms with Gasteiger partial charge in [-0.1, -0.05) is 23.8 Å². The number of rotatable bonds is 31. The number of anilines is 1. The lowest BCUT2D eigenvalue weighted by Gasteiger charge is -2.35. The third-order valence-electron chi connectivity index (χ3n) is 11.5. The van der Waals surface area contributed by atoms with Crippen molar-refractivity contribution in [2.75, 3.05) is 78.9 Å². The molecule has 0 bridgehead atoms. The minimum Gasteiger partial charge on any atom is -0.483 e. The van der Waals surface area contributed by atoms with Gasteiger partial charge >= 0.3 is 0 Å². The topological polar surface area (TPSA) is 235 Å². The lowest BCUT2D eigenvalue weighted by atomic mass is 9.98. The molecule has 18 nitrogen and oxygen atoms in total. The molecule has 0 saturated carbocycles. The number of imide groups is 1. The Labute approximate surface area is 382 Å². The zero-order valence-electron chi connectivity index (χ0n) is 38.5. The van der Waals surface area contributed by atoms with Gasteiger partial charge in [0.15, 0.2) is 6.61 Å². The Bertz CT molecular complexity index is 1830. The first kappa shape index (κ1) is 52.6. The highest BCUT2D eigenvalue weighted by molar-refractivity contribution is 6.21. The molecular weight excluding hydrogens is 841 g/mol. The van der Waals surface area contributed by atoms with Crippen LogP contribution < -0.4 is 27.0 Å². The average molecular weight is 911 g/mol. The van der Waals surface area contributed by atoms with Crippen LogP contribution in [0, 0.1) is 0 Å². The number of piperidine rings is 1. The number of aryl methyl sites for hydroxylation is 1. The SMILES string of the molecule is C/C=C(/CCCc1ccc(NC(=O)CCC(=O)NCCCOCCOCCOCCCNC(=O)COC2=CCCC3=C2C(=O)N(C2CCC(=O)NC2N)C3=O)cc1)CC(OC)C(C)OC. The monoisotopic (exact) mass is 911 g/mol. The van der Waals surface area contributed by atoms with Crippen molar-refractivity contribution in [3.8, 4) is 0 Å². The second-order valence-corrected chi connectivity index (χ2v) is 16.1. The summed E-state index contributed by atoms with van der Waals surface area (Å²) in [4.78, 5) is 76.3. The highest BCUT2D eigenvalue weighted by atomic mass is 16.5. The fourth-order valence-corrected chi connectivity index (χ4v) is 7.63. The number of methoxy groups -OCH3 is 2. The third-order valence-corrected chi connectivity index (χ3v) is 11.5. The predicted molar refractivity (Wildman–Crippen MR) is 242 cm³/mol. The summed E-state index contributed by atoms with van der Waals surface area (Å²) in [6.45, 7) is 6.98. The molecule has 1 aromatic rings. The summed E-state index contributed by atoms with van der Waals surface area (Å²) in [5.41, 5.74) is 9.78. The Morgan fingerprint density at radius 1 is 0.831 bits per heavy atom. The van der Waals surface area contributed by atoms with Crippen molar-refractivity contribution < 1.29 is 57.2 Å². The standard InChI is InChI=1S/C47H70N6O12/c1-5-33(30-39(61-4)32(2)60-3)10-6-11-34-14-16-35(17-15-34)51-41(55)21-20-40(54)49-22-8-24-62-26-28-64-29-27-63-25-9-23-50-43(57)31-65-38-13-7-12-36-44(38)47(59)53(46(36)58)37-18-19-42(56)52-45(37)48/h5,13-17,32,37,39,45H,6-12,18-31,48H2,1-4H3,(H,49,54)(H,50,57)(H,51,55)(H,52,56)/b33-5-. The number of amides is 6. The molecule has 1 aliphatic carbocycles. The fraction of sp³-hybridized carbons (Fsp3) is 0.617. The second kappa shape index (κ2) is 28.8. The number of ether oxygens (including phenoxy) is 6. The van der Waals surface area contributed by atoms with E-state index in [4.69, 9.17) is 34.2 Å². The maximum absolute atomic E-state index is 13.3. The van der Waals surface area contributed by atoms with Gasteiger partial charge in [0, 0.05) is 71.0 Å². The minimum atomic E-state index is -0.851. The van der Waals surface area contributed by atoms with Crippen molar-refractivity contribution >= 4 is 41.1 Å². The minimum absolute atomic E-state index is 0.0266. The Morgan fingerprint density at radius 3 is 2.11 bits per heavy atom. The molecule has 4 rings (SSSR count). The summed E-state index contributed by atoms with van der Waals surface area (Å²) in [5, 5.41) is 11.0. The Balaban J connectivity index is 0.924. The number of benzene rings is 1. The van der Waals surface area contributed by atoms with Crippen LogP contribution in [0.15, 0.2) is 58.9 Å². The molecule has 1 aromatic carbocycles. The third kappa shape index (κ3) is 17.7. The van der Waals surface area contributed by atoms with Gasteiger partial charge in [0.05, 0.1) is 56.4 Å². The first-order chi connectivity index (χ1) is 31.4. The van der Waals surface area contributed by atoms with E-state index in [2.05, 4.69) is 34.3 Å². The first-order valence-corrected chi connectivity index (χ1v) is 22.8. The zero-order chi connectivity index (χ0) is 47.0. The summed E-state index contributed by atoms with van der Waals surface area (Å²) in [6.07, 6.45) is 9.51. The van der Waals surface area contributed by atoms with Crippen LogP contribution in [0.3, 0.4) is 0 Å². The maximum Gasteiger partial charge on any atom is 0.265 e. The second-order valence-electron chi connectivity index (χ2n) is 16.1. The lowest BCUT2D eigenvalue weighted by molar-refractivity contribution is -0.144. The molecule has 4 atom stereocenters. The van der Waals surface area contributed by atoms with E-state index in [-0.39, 0.29) is 79.5 Å². The molecule has 1 saturated heterocycles. The molecule has 6 N–H and O–H groups in total. The summed E-state index contributed by atoms with van der Waals surface area (Å²) >= 11 is 0. The molecule has 6 amide bonds. The highest BCUT2D eigenvalue weighted by Gasteiger charge is 2.47. The van der Waals surface area contributed by atoms with Crippen molar-refractivity contribution in [3.05, 3.63) is 64.5 Å². The Hall–Kier alpha value is -4.98. The van der Waals surface area contributed by atoms with Crippen LogP contribution in [0.25, 0.3) is 0 Å². The summed E-state index contributed by atoms with van der Waals surface area (Å²) < 4.78 is 33.4. The van der Waals surface area contributed by atoms with E-state index in [9.17, 15) is 28.8 Å². The van der Waals surface area contributed by atoms with Gasteiger partial charge in [-0.05, 0) is 95.4 Å². The van der Waals surface area contributed by atoms with Crippen molar-refractivity contribution in [3.63, 3.8) is 0 Å². The van der Waals surface area contributed by atoms with Crippen molar-refractivity contribution in [2.24, 2.45) is 5.73 Å². The van der Waals surface area contributed by atoms with Gasteiger partial charge in [0.2, 0.25) is 17.7 Å². The molecule has 65 heavy (non-hydrogen) atoms. The van der Waals surface area contributed by atoms with Crippen LogP contribution in [0.5, 0.6) is 0 Å². The van der Waals surface area contributed by atoms with E-state index in [1.165, 1.54) is 11.1 Å². The Kier molecular flexibility index (Phi) is 23.3. The number of hydrogen-bond donors (Lipinski definition) is 5. The van der Waals surface area contributed by atoms with Crippen molar-refractivity contribution in [2.45, 2.75) is 115 Å². The zero-order valence-corrected chi connectivity index (χ0v) is 38.5. The van der Waals surface area contributed by atoms with Crippen molar-refractivity contribution in [1.29, 1.82) is 0 Å². The van der Waals surface area contributed by atoms with E-state index >= 15 is 0 Å². The van der Waals surface area contributed by atoms with Gasteiger partial charge in [-0.25, -0.2) is 0 Å². The number of carbonyl (C=O) groups is 6. The van der Waals surface area contributed by atoms with Gasteiger partial charge < -0.3 is 55.4 Å². The quantitative estimate of drug-likeness (QED) is 0.0410. The molecule has 3 aliphatic rings. The molecule has 0 aromatic heterocycles. The largest absolute Gasteiger partial charge is 0.483 e. The fourth-order valence-electron chi connectivity index (χ4n) is 7.63. The van der Waals surface area contributed by atoms with Crippen LogP contribution in [-0.4, -0.2) is 138 Å². The van der Waals surface area contributed by atoms with E-state index in [1.807, 2.05) is 31.2 Å². The van der Waals surface area contributed by atoms with Crippen LogP contribution in [0.1, 0.15) is 90.0 Å². The van der Waals surface area contributed by atoms with E-state index in [1.54, 1.807) is 20.3 Å². The van der Waals surface area contributed by atoms with E-state index in [0.29, 0.717) is 89.7 Å². The number of hydrogen-bond acceptors (Lipinski definition) is 13. The van der Waals surface area contributed by atoms with Crippen LogP contribution in [-0.2, 0) is 63.6 Å². The lowest BCUT2D eigenvalue weighted by Crippen LogP contribution is -2.61. The van der Waals surface area contributed by atoms with Gasteiger partial charge in [0.1, 0.15) is 5.76 Å². The van der Waals surface area contributed by atoms with Crippen LogP contribution in [0.2, 0.25) is 0 Å². The van der Waals surface area contributed by atoms with Crippen LogP contribution in [0.4, 0.5) is 5.69 Å². The molecule has 4 unspecified atom stereocenters. The van der Waals surface area contributed by atoms with Gasteiger partial charge in [-0.15, -0.1) is 0 Å². The number of allylic oxidation sites excluding steroid dienone is 2. The van der Waals surface area contributed by atoms with Gasteiger partial charge in [0.25, 0.3) is 17.7 Å². The molecule has 0 spiro atoms. The van der Waals surface area contributed by atoms with E-state index in [0.717, 1.165) is 30.6 Å². The van der Waals surface area contributed by atoms with Gasteiger partial charge in [-0.2, -0.15) is 0 Å². The molecular formula is C47H70N6O12. The number of nitrogens with zero attached hydrogens (tertiary/aromatic N) is 1.